The van der Waals surface area contributed by atoms with Crippen LogP contribution in [0.2, 0.25) is 0 Å². The van der Waals surface area contributed by atoms with Crippen molar-refractivity contribution in [2.24, 2.45) is 5.92 Å². The molecule has 2 aliphatic heterocycles. The van der Waals surface area contributed by atoms with E-state index < -0.39 is 0 Å². The normalized spacial score (nSPS) is 24.7. The number of hydrogen-bond acceptors (Lipinski definition) is 3. The Morgan fingerprint density at radius 3 is 2.57 bits per heavy atom. The van der Waals surface area contributed by atoms with Gasteiger partial charge in [0.2, 0.25) is 5.91 Å². The van der Waals surface area contributed by atoms with Crippen molar-refractivity contribution in [1.29, 1.82) is 0 Å². The van der Waals surface area contributed by atoms with Crippen LogP contribution in [-0.4, -0.2) is 67.2 Å². The van der Waals surface area contributed by atoms with Crippen molar-refractivity contribution in [1.82, 2.24) is 15.1 Å². The standard InChI is InChI=1S/C17H29N3O3/c1-23-12-15(13-5-6-13)18-17(22)19-10-7-14(8-11-19)20-9-3-2-4-16(20)21/h13-15H,2-12H2,1H3,(H,18,22). The van der Waals surface area contributed by atoms with Gasteiger partial charge in [0.15, 0.2) is 0 Å². The van der Waals surface area contributed by atoms with E-state index in [9.17, 15) is 9.59 Å². The first-order chi connectivity index (χ1) is 11.2. The molecule has 6 heteroatoms. The second kappa shape index (κ2) is 7.51. The minimum Gasteiger partial charge on any atom is -0.383 e. The minimum absolute atomic E-state index is 0.0300. The summed E-state index contributed by atoms with van der Waals surface area (Å²) in [5.41, 5.74) is 0. The van der Waals surface area contributed by atoms with Gasteiger partial charge in [-0.3, -0.25) is 4.79 Å². The Morgan fingerprint density at radius 1 is 1.22 bits per heavy atom. The molecule has 3 aliphatic rings. The Kier molecular flexibility index (Phi) is 5.41. The number of methoxy groups -OCH3 is 1. The molecule has 1 aliphatic carbocycles. The Bertz CT molecular complexity index is 431. The highest BCUT2D eigenvalue weighted by atomic mass is 16.5. The summed E-state index contributed by atoms with van der Waals surface area (Å²) in [6, 6.07) is 0.501. The number of urea groups is 1. The van der Waals surface area contributed by atoms with Gasteiger partial charge >= 0.3 is 6.03 Å². The van der Waals surface area contributed by atoms with E-state index >= 15 is 0 Å². The van der Waals surface area contributed by atoms with Crippen LogP contribution in [0.4, 0.5) is 4.79 Å². The lowest BCUT2D eigenvalue weighted by molar-refractivity contribution is -0.136. The maximum atomic E-state index is 12.4. The van der Waals surface area contributed by atoms with E-state index in [1.165, 1.54) is 12.8 Å². The molecule has 1 unspecified atom stereocenters. The zero-order valence-corrected chi connectivity index (χ0v) is 14.1. The summed E-state index contributed by atoms with van der Waals surface area (Å²) in [6.07, 6.45) is 7.02. The van der Waals surface area contributed by atoms with Gasteiger partial charge in [-0.25, -0.2) is 4.79 Å². The van der Waals surface area contributed by atoms with Crippen molar-refractivity contribution < 1.29 is 14.3 Å². The highest BCUT2D eigenvalue weighted by Crippen LogP contribution is 2.33. The second-order valence-corrected chi connectivity index (χ2v) is 7.11. The highest BCUT2D eigenvalue weighted by molar-refractivity contribution is 5.77. The molecule has 3 rings (SSSR count). The van der Waals surface area contributed by atoms with E-state index in [0.29, 0.717) is 30.9 Å². The number of amides is 3. The Morgan fingerprint density at radius 2 is 1.96 bits per heavy atom. The molecule has 23 heavy (non-hydrogen) atoms. The van der Waals surface area contributed by atoms with Gasteiger partial charge in [-0.15, -0.1) is 0 Å². The third kappa shape index (κ3) is 4.16. The number of likely N-dealkylation sites (tertiary alicyclic amines) is 2. The fourth-order valence-electron chi connectivity index (χ4n) is 3.82. The van der Waals surface area contributed by atoms with Gasteiger partial charge in [-0.1, -0.05) is 0 Å². The molecule has 1 atom stereocenters. The van der Waals surface area contributed by atoms with Crippen molar-refractivity contribution in [2.75, 3.05) is 33.4 Å². The van der Waals surface area contributed by atoms with Crippen LogP contribution >= 0.6 is 0 Å². The Labute approximate surface area is 138 Å². The number of nitrogens with one attached hydrogen (secondary N) is 1. The first-order valence-electron chi connectivity index (χ1n) is 9.03. The first-order valence-corrected chi connectivity index (χ1v) is 9.03. The van der Waals surface area contributed by atoms with E-state index in [4.69, 9.17) is 4.74 Å². The quantitative estimate of drug-likeness (QED) is 0.836. The second-order valence-electron chi connectivity index (χ2n) is 7.11. The summed E-state index contributed by atoms with van der Waals surface area (Å²) < 4.78 is 5.22. The molecule has 0 radical (unpaired) electrons. The van der Waals surface area contributed by atoms with Crippen LogP contribution in [0.1, 0.15) is 44.9 Å². The molecule has 2 heterocycles. The van der Waals surface area contributed by atoms with Gasteiger partial charge in [-0.05, 0) is 44.4 Å². The van der Waals surface area contributed by atoms with Gasteiger partial charge in [0.25, 0.3) is 0 Å². The minimum atomic E-state index is 0.0300. The molecule has 1 N–H and O–H groups in total. The molecule has 130 valence electrons. The van der Waals surface area contributed by atoms with Crippen LogP contribution in [0.15, 0.2) is 0 Å². The van der Waals surface area contributed by atoms with Gasteiger partial charge in [0.1, 0.15) is 0 Å². The average Bonchev–Trinajstić information content (AvgIpc) is 3.40. The zero-order chi connectivity index (χ0) is 16.2. The van der Waals surface area contributed by atoms with Crippen molar-refractivity contribution >= 4 is 11.9 Å². The predicted molar refractivity (Wildman–Crippen MR) is 87.1 cm³/mol. The molecule has 3 fully saturated rings. The van der Waals surface area contributed by atoms with Crippen molar-refractivity contribution in [3.05, 3.63) is 0 Å². The van der Waals surface area contributed by atoms with Gasteiger partial charge in [-0.2, -0.15) is 0 Å². The van der Waals surface area contributed by atoms with Crippen LogP contribution in [-0.2, 0) is 9.53 Å². The topological polar surface area (TPSA) is 61.9 Å². The van der Waals surface area contributed by atoms with E-state index in [1.807, 2.05) is 4.90 Å². The Balaban J connectivity index is 1.46. The lowest BCUT2D eigenvalue weighted by Crippen LogP contribution is -2.53. The number of rotatable bonds is 5. The highest BCUT2D eigenvalue weighted by Gasteiger charge is 2.35. The number of piperidine rings is 2. The summed E-state index contributed by atoms with van der Waals surface area (Å²) >= 11 is 0. The van der Waals surface area contributed by atoms with Crippen molar-refractivity contribution in [3.63, 3.8) is 0 Å². The maximum absolute atomic E-state index is 12.4. The third-order valence-electron chi connectivity index (χ3n) is 5.40. The molecular weight excluding hydrogens is 294 g/mol. The molecule has 0 aromatic carbocycles. The molecule has 3 amide bonds. The predicted octanol–water partition coefficient (Wildman–Crippen LogP) is 1.60. The van der Waals surface area contributed by atoms with Gasteiger partial charge in [0.05, 0.1) is 12.6 Å². The molecule has 0 bridgehead atoms. The van der Waals surface area contributed by atoms with Gasteiger partial charge in [0, 0.05) is 39.2 Å². The lowest BCUT2D eigenvalue weighted by atomic mass is 9.99. The summed E-state index contributed by atoms with van der Waals surface area (Å²) in [5.74, 6) is 0.885. The number of carbonyl (C=O) groups is 2. The monoisotopic (exact) mass is 323 g/mol. The molecular formula is C17H29N3O3. The van der Waals surface area contributed by atoms with E-state index in [0.717, 1.165) is 45.3 Å². The maximum Gasteiger partial charge on any atom is 0.317 e. The van der Waals surface area contributed by atoms with E-state index in [-0.39, 0.29) is 12.1 Å². The smallest absolute Gasteiger partial charge is 0.317 e. The third-order valence-corrected chi connectivity index (χ3v) is 5.40. The zero-order valence-electron chi connectivity index (χ0n) is 14.1. The van der Waals surface area contributed by atoms with Crippen LogP contribution in [0.25, 0.3) is 0 Å². The van der Waals surface area contributed by atoms with Crippen LogP contribution in [0, 0.1) is 5.92 Å². The summed E-state index contributed by atoms with van der Waals surface area (Å²) in [4.78, 5) is 28.4. The fraction of sp³-hybridized carbons (Fsp3) is 0.882. The van der Waals surface area contributed by atoms with Gasteiger partial charge < -0.3 is 19.9 Å². The van der Waals surface area contributed by atoms with E-state index in [1.54, 1.807) is 7.11 Å². The number of hydrogen-bond donors (Lipinski definition) is 1. The van der Waals surface area contributed by atoms with Crippen LogP contribution < -0.4 is 5.32 Å². The number of carbonyl (C=O) groups excluding carboxylic acids is 2. The first kappa shape index (κ1) is 16.6. The molecule has 6 nitrogen and oxygen atoms in total. The number of ether oxygens (including phenoxy) is 1. The molecule has 0 spiro atoms. The molecule has 2 saturated heterocycles. The summed E-state index contributed by atoms with van der Waals surface area (Å²) in [6.45, 7) is 2.97. The van der Waals surface area contributed by atoms with E-state index in [2.05, 4.69) is 10.2 Å². The summed E-state index contributed by atoms with van der Waals surface area (Å²) in [7, 11) is 1.68. The van der Waals surface area contributed by atoms with Crippen LogP contribution in [0.5, 0.6) is 0 Å². The Hall–Kier alpha value is -1.30. The van der Waals surface area contributed by atoms with Crippen molar-refractivity contribution in [2.45, 2.75) is 57.0 Å². The largest absolute Gasteiger partial charge is 0.383 e. The fourth-order valence-corrected chi connectivity index (χ4v) is 3.82. The average molecular weight is 323 g/mol. The SMILES string of the molecule is COCC(NC(=O)N1CCC(N2CCCCC2=O)CC1)C1CC1. The molecule has 1 saturated carbocycles. The van der Waals surface area contributed by atoms with Crippen molar-refractivity contribution in [3.8, 4) is 0 Å². The number of nitrogens with zero attached hydrogens (tertiary/aromatic N) is 2. The van der Waals surface area contributed by atoms with Crippen LogP contribution in [0.3, 0.4) is 0 Å². The molecule has 0 aromatic heterocycles. The summed E-state index contributed by atoms with van der Waals surface area (Å²) in [5, 5.41) is 3.13. The molecule has 0 aromatic rings. The lowest BCUT2D eigenvalue weighted by Gasteiger charge is -2.40.